The van der Waals surface area contributed by atoms with Crippen molar-refractivity contribution in [3.63, 3.8) is 0 Å². The molecule has 0 N–H and O–H groups in total. The predicted molar refractivity (Wildman–Crippen MR) is 57.0 cm³/mol. The molecule has 1 aliphatic rings. The van der Waals surface area contributed by atoms with Gasteiger partial charge in [-0.2, -0.15) is 5.26 Å². The number of hydrogen-bond acceptors (Lipinski definition) is 1. The van der Waals surface area contributed by atoms with Gasteiger partial charge in [-0.05, 0) is 37.3 Å². The van der Waals surface area contributed by atoms with Crippen LogP contribution in [-0.2, 0) is 5.41 Å². The highest BCUT2D eigenvalue weighted by Crippen LogP contribution is 2.54. The highest BCUT2D eigenvalue weighted by Gasteiger charge is 2.53. The van der Waals surface area contributed by atoms with E-state index in [1.165, 1.54) is 16.7 Å². The van der Waals surface area contributed by atoms with E-state index in [0.717, 1.165) is 6.42 Å². The van der Waals surface area contributed by atoms with E-state index in [9.17, 15) is 5.26 Å². The van der Waals surface area contributed by atoms with Crippen LogP contribution in [0.1, 0.15) is 30.0 Å². The topological polar surface area (TPSA) is 23.8 Å². The average molecular weight is 185 g/mol. The third-order valence-electron chi connectivity index (χ3n) is 3.37. The van der Waals surface area contributed by atoms with Crippen LogP contribution >= 0.6 is 0 Å². The van der Waals surface area contributed by atoms with E-state index in [-0.39, 0.29) is 5.41 Å². The Labute approximate surface area is 85.4 Å². The van der Waals surface area contributed by atoms with Gasteiger partial charge in [-0.25, -0.2) is 0 Å². The molecule has 1 aromatic carbocycles. The summed E-state index contributed by atoms with van der Waals surface area (Å²) >= 11 is 0. The predicted octanol–water partition coefficient (Wildman–Crippen LogP) is 3.10. The van der Waals surface area contributed by atoms with Gasteiger partial charge in [0.2, 0.25) is 0 Å². The first-order valence-corrected chi connectivity index (χ1v) is 5.09. The molecule has 0 saturated heterocycles. The second kappa shape index (κ2) is 2.85. The van der Waals surface area contributed by atoms with E-state index in [0.29, 0.717) is 5.92 Å². The lowest BCUT2D eigenvalue weighted by Crippen LogP contribution is -2.08. The van der Waals surface area contributed by atoms with Crippen molar-refractivity contribution in [2.45, 2.75) is 32.6 Å². The van der Waals surface area contributed by atoms with Crippen molar-refractivity contribution in [2.24, 2.45) is 5.92 Å². The van der Waals surface area contributed by atoms with Gasteiger partial charge in [-0.1, -0.05) is 30.7 Å². The third kappa shape index (κ3) is 1.14. The molecule has 1 saturated carbocycles. The Balaban J connectivity index is 2.49. The highest BCUT2D eigenvalue weighted by atomic mass is 14.6. The maximum atomic E-state index is 9.22. The fraction of sp³-hybridized carbons (Fsp3) is 0.462. The third-order valence-corrected chi connectivity index (χ3v) is 3.37. The zero-order chi connectivity index (χ0) is 10.3. The van der Waals surface area contributed by atoms with Gasteiger partial charge in [0.25, 0.3) is 0 Å². The van der Waals surface area contributed by atoms with Crippen molar-refractivity contribution in [3.05, 3.63) is 34.9 Å². The summed E-state index contributed by atoms with van der Waals surface area (Å²) in [6, 6.07) is 8.87. The lowest BCUT2D eigenvalue weighted by molar-refractivity contribution is 0.785. The van der Waals surface area contributed by atoms with E-state index in [1.54, 1.807) is 0 Å². The smallest absolute Gasteiger partial charge is 0.0854 e. The Morgan fingerprint density at radius 1 is 1.43 bits per heavy atom. The summed E-state index contributed by atoms with van der Waals surface area (Å²) < 4.78 is 0. The molecule has 0 radical (unpaired) electrons. The summed E-state index contributed by atoms with van der Waals surface area (Å²) in [5.74, 6) is 0.522. The molecule has 2 unspecified atom stereocenters. The van der Waals surface area contributed by atoms with Crippen molar-refractivity contribution < 1.29 is 0 Å². The number of nitriles is 1. The first-order valence-electron chi connectivity index (χ1n) is 5.09. The van der Waals surface area contributed by atoms with Crippen LogP contribution in [0.15, 0.2) is 18.2 Å². The van der Waals surface area contributed by atoms with Gasteiger partial charge in [-0.3, -0.25) is 0 Å². The van der Waals surface area contributed by atoms with Gasteiger partial charge in [0, 0.05) is 0 Å². The summed E-state index contributed by atoms with van der Waals surface area (Å²) in [6.45, 7) is 6.35. The summed E-state index contributed by atoms with van der Waals surface area (Å²) in [7, 11) is 0. The zero-order valence-corrected chi connectivity index (χ0v) is 8.96. The zero-order valence-electron chi connectivity index (χ0n) is 8.96. The van der Waals surface area contributed by atoms with Crippen LogP contribution in [0.4, 0.5) is 0 Å². The summed E-state index contributed by atoms with van der Waals surface area (Å²) in [4.78, 5) is 0. The highest BCUT2D eigenvalue weighted by molar-refractivity contribution is 5.46. The SMILES string of the molecule is Cc1ccc(C2(C#N)CC2C)c(C)c1. The molecule has 14 heavy (non-hydrogen) atoms. The molecule has 1 nitrogen and oxygen atoms in total. The number of nitrogens with zero attached hydrogens (tertiary/aromatic N) is 1. The molecule has 0 spiro atoms. The van der Waals surface area contributed by atoms with Crippen molar-refractivity contribution in [3.8, 4) is 6.07 Å². The van der Waals surface area contributed by atoms with Gasteiger partial charge in [0.1, 0.15) is 0 Å². The molecule has 0 aromatic heterocycles. The maximum Gasteiger partial charge on any atom is 0.0854 e. The Morgan fingerprint density at radius 3 is 2.50 bits per heavy atom. The Morgan fingerprint density at radius 2 is 2.07 bits per heavy atom. The number of hydrogen-bond donors (Lipinski definition) is 0. The van der Waals surface area contributed by atoms with E-state index >= 15 is 0 Å². The summed E-state index contributed by atoms with van der Waals surface area (Å²) in [5.41, 5.74) is 3.60. The van der Waals surface area contributed by atoms with Crippen LogP contribution in [0.3, 0.4) is 0 Å². The van der Waals surface area contributed by atoms with E-state index < -0.39 is 0 Å². The summed E-state index contributed by atoms with van der Waals surface area (Å²) in [5, 5.41) is 9.22. The second-order valence-electron chi connectivity index (χ2n) is 4.51. The molecule has 0 bridgehead atoms. The minimum absolute atomic E-state index is 0.169. The van der Waals surface area contributed by atoms with Crippen LogP contribution in [0.25, 0.3) is 0 Å². The quantitative estimate of drug-likeness (QED) is 0.659. The van der Waals surface area contributed by atoms with Gasteiger partial charge in [0.05, 0.1) is 11.5 Å². The van der Waals surface area contributed by atoms with Gasteiger partial charge in [-0.15, -0.1) is 0 Å². The van der Waals surface area contributed by atoms with Crippen LogP contribution in [0.5, 0.6) is 0 Å². The monoisotopic (exact) mass is 185 g/mol. The first kappa shape index (κ1) is 9.27. The molecule has 0 heterocycles. The first-order chi connectivity index (χ1) is 6.60. The Kier molecular flexibility index (Phi) is 1.89. The van der Waals surface area contributed by atoms with E-state index in [2.05, 4.69) is 45.0 Å². The molecule has 2 atom stereocenters. The molecule has 1 aromatic rings. The molecule has 1 aliphatic carbocycles. The molecule has 1 fully saturated rings. The lowest BCUT2D eigenvalue weighted by atomic mass is 9.90. The van der Waals surface area contributed by atoms with E-state index in [4.69, 9.17) is 0 Å². The molecule has 72 valence electrons. The van der Waals surface area contributed by atoms with Gasteiger partial charge in [0.15, 0.2) is 0 Å². The Bertz CT molecular complexity index is 414. The van der Waals surface area contributed by atoms with Crippen molar-refractivity contribution in [1.82, 2.24) is 0 Å². The molecular weight excluding hydrogens is 170 g/mol. The minimum Gasteiger partial charge on any atom is -0.197 e. The fourth-order valence-electron chi connectivity index (χ4n) is 2.33. The minimum atomic E-state index is -0.169. The molecule has 0 amide bonds. The number of rotatable bonds is 1. The van der Waals surface area contributed by atoms with Crippen LogP contribution in [-0.4, -0.2) is 0 Å². The fourth-order valence-corrected chi connectivity index (χ4v) is 2.33. The van der Waals surface area contributed by atoms with Crippen LogP contribution < -0.4 is 0 Å². The maximum absolute atomic E-state index is 9.22. The van der Waals surface area contributed by atoms with Crippen LogP contribution in [0, 0.1) is 31.1 Å². The molecular formula is C13H15N. The van der Waals surface area contributed by atoms with E-state index in [1.807, 2.05) is 0 Å². The molecule has 2 rings (SSSR count). The standard InChI is InChI=1S/C13H15N/c1-9-4-5-12(10(2)6-9)13(8-14)7-11(13)3/h4-6,11H,7H2,1-3H3. The Hall–Kier alpha value is -1.29. The normalized spacial score (nSPS) is 29.7. The molecule has 0 aliphatic heterocycles. The van der Waals surface area contributed by atoms with Crippen LogP contribution in [0.2, 0.25) is 0 Å². The van der Waals surface area contributed by atoms with Gasteiger partial charge < -0.3 is 0 Å². The number of aryl methyl sites for hydroxylation is 2. The van der Waals surface area contributed by atoms with Crippen molar-refractivity contribution in [2.75, 3.05) is 0 Å². The molecule has 1 heteroatoms. The summed E-state index contributed by atoms with van der Waals surface area (Å²) in [6.07, 6.45) is 1.02. The second-order valence-corrected chi connectivity index (χ2v) is 4.51. The van der Waals surface area contributed by atoms with Crippen molar-refractivity contribution in [1.29, 1.82) is 5.26 Å². The lowest BCUT2D eigenvalue weighted by Gasteiger charge is -2.11. The van der Waals surface area contributed by atoms with Crippen molar-refractivity contribution >= 4 is 0 Å². The number of benzene rings is 1. The van der Waals surface area contributed by atoms with Gasteiger partial charge >= 0.3 is 0 Å². The average Bonchev–Trinajstić information content (AvgIpc) is 2.78. The largest absolute Gasteiger partial charge is 0.197 e.